The van der Waals surface area contributed by atoms with Crippen molar-refractivity contribution in [2.45, 2.75) is 4.90 Å². The summed E-state index contributed by atoms with van der Waals surface area (Å²) in [6.07, 6.45) is 2.40. The molecule has 94 valence electrons. The van der Waals surface area contributed by atoms with Crippen molar-refractivity contribution >= 4 is 15.7 Å². The molecule has 0 aliphatic rings. The molecule has 0 radical (unpaired) electrons. The van der Waals surface area contributed by atoms with Gasteiger partial charge < -0.3 is 10.5 Å². The molecule has 18 heavy (non-hydrogen) atoms. The largest absolute Gasteiger partial charge is 0.439 e. The van der Waals surface area contributed by atoms with Crippen molar-refractivity contribution in [3.63, 3.8) is 0 Å². The molecule has 0 aliphatic heterocycles. The standard InChI is InChI=1S/C11H11N3O3S/c1-18(15,16)9-4-2-3-8(5-9)17-11-6-10(12)13-7-14-11/h2-7H,1H3,(H2,12,13,14). The summed E-state index contributed by atoms with van der Waals surface area (Å²) in [6.45, 7) is 0. The zero-order chi connectivity index (χ0) is 13.2. The summed E-state index contributed by atoms with van der Waals surface area (Å²) in [7, 11) is -3.26. The van der Waals surface area contributed by atoms with E-state index in [2.05, 4.69) is 9.97 Å². The molecule has 1 heterocycles. The molecule has 0 saturated heterocycles. The quantitative estimate of drug-likeness (QED) is 0.897. The first-order valence-electron chi connectivity index (χ1n) is 5.00. The van der Waals surface area contributed by atoms with E-state index in [9.17, 15) is 8.42 Å². The highest BCUT2D eigenvalue weighted by Crippen LogP contribution is 2.22. The van der Waals surface area contributed by atoms with Crippen molar-refractivity contribution in [3.05, 3.63) is 36.7 Å². The van der Waals surface area contributed by atoms with Crippen LogP contribution in [0.4, 0.5) is 5.82 Å². The first-order chi connectivity index (χ1) is 8.45. The molecule has 1 aromatic carbocycles. The molecular weight excluding hydrogens is 254 g/mol. The van der Waals surface area contributed by atoms with Gasteiger partial charge in [0.2, 0.25) is 5.88 Å². The Bertz CT molecular complexity index is 671. The fourth-order valence-electron chi connectivity index (χ4n) is 1.30. The molecule has 1 aromatic heterocycles. The fourth-order valence-corrected chi connectivity index (χ4v) is 1.95. The first kappa shape index (κ1) is 12.3. The number of nitrogen functional groups attached to an aromatic ring is 1. The molecule has 2 aromatic rings. The van der Waals surface area contributed by atoms with E-state index < -0.39 is 9.84 Å². The molecule has 7 heteroatoms. The average Bonchev–Trinajstić information content (AvgIpc) is 2.28. The van der Waals surface area contributed by atoms with Crippen molar-refractivity contribution in [1.29, 1.82) is 0 Å². The summed E-state index contributed by atoms with van der Waals surface area (Å²) in [4.78, 5) is 7.78. The summed E-state index contributed by atoms with van der Waals surface area (Å²) in [6, 6.07) is 7.60. The van der Waals surface area contributed by atoms with E-state index in [4.69, 9.17) is 10.5 Å². The van der Waals surface area contributed by atoms with Crippen LogP contribution < -0.4 is 10.5 Å². The summed E-state index contributed by atoms with van der Waals surface area (Å²) in [5, 5.41) is 0. The minimum atomic E-state index is -3.26. The van der Waals surface area contributed by atoms with Gasteiger partial charge in [-0.25, -0.2) is 18.4 Å². The highest BCUT2D eigenvalue weighted by molar-refractivity contribution is 7.90. The van der Waals surface area contributed by atoms with E-state index in [1.165, 1.54) is 24.5 Å². The zero-order valence-electron chi connectivity index (χ0n) is 9.57. The van der Waals surface area contributed by atoms with E-state index in [1.807, 2.05) is 0 Å². The van der Waals surface area contributed by atoms with Crippen LogP contribution in [0.5, 0.6) is 11.6 Å². The lowest BCUT2D eigenvalue weighted by Crippen LogP contribution is -1.98. The highest BCUT2D eigenvalue weighted by atomic mass is 32.2. The fraction of sp³-hybridized carbons (Fsp3) is 0.0909. The predicted molar refractivity (Wildman–Crippen MR) is 66.1 cm³/mol. The van der Waals surface area contributed by atoms with Crippen molar-refractivity contribution in [3.8, 4) is 11.6 Å². The summed E-state index contributed by atoms with van der Waals surface area (Å²) in [5.74, 6) is 0.906. The van der Waals surface area contributed by atoms with Crippen molar-refractivity contribution in [1.82, 2.24) is 9.97 Å². The molecule has 0 atom stereocenters. The maximum Gasteiger partial charge on any atom is 0.224 e. The number of anilines is 1. The second kappa shape index (κ2) is 4.61. The van der Waals surface area contributed by atoms with Crippen LogP contribution in [0.2, 0.25) is 0 Å². The maximum absolute atomic E-state index is 11.4. The smallest absolute Gasteiger partial charge is 0.224 e. The van der Waals surface area contributed by atoms with Crippen LogP contribution in [-0.2, 0) is 9.84 Å². The Hall–Kier alpha value is -2.15. The van der Waals surface area contributed by atoms with Crippen LogP contribution in [0.25, 0.3) is 0 Å². The van der Waals surface area contributed by atoms with Gasteiger partial charge >= 0.3 is 0 Å². The lowest BCUT2D eigenvalue weighted by molar-refractivity contribution is 0.460. The van der Waals surface area contributed by atoms with Gasteiger partial charge in [-0.1, -0.05) is 6.07 Å². The average molecular weight is 265 g/mol. The van der Waals surface area contributed by atoms with Crippen LogP contribution >= 0.6 is 0 Å². The van der Waals surface area contributed by atoms with Crippen molar-refractivity contribution in [2.75, 3.05) is 12.0 Å². The van der Waals surface area contributed by atoms with Crippen LogP contribution in [0.15, 0.2) is 41.6 Å². The summed E-state index contributed by atoms with van der Waals surface area (Å²) in [5.41, 5.74) is 5.48. The molecule has 0 amide bonds. The van der Waals surface area contributed by atoms with Gasteiger partial charge in [0, 0.05) is 12.3 Å². The van der Waals surface area contributed by atoms with Gasteiger partial charge in [-0.3, -0.25) is 0 Å². The Morgan fingerprint density at radius 2 is 2.00 bits per heavy atom. The third kappa shape index (κ3) is 2.95. The lowest BCUT2D eigenvalue weighted by Gasteiger charge is -2.06. The van der Waals surface area contributed by atoms with Gasteiger partial charge in [0.1, 0.15) is 17.9 Å². The number of hydrogen-bond acceptors (Lipinski definition) is 6. The third-order valence-corrected chi connectivity index (χ3v) is 3.23. The van der Waals surface area contributed by atoms with Crippen LogP contribution in [0.1, 0.15) is 0 Å². The SMILES string of the molecule is CS(=O)(=O)c1cccc(Oc2cc(N)ncn2)c1. The summed E-state index contributed by atoms with van der Waals surface area (Å²) >= 11 is 0. The number of aromatic nitrogens is 2. The molecule has 0 bridgehead atoms. The van der Waals surface area contributed by atoms with Gasteiger partial charge in [0.05, 0.1) is 4.90 Å². The molecule has 0 fully saturated rings. The molecular formula is C11H11N3O3S. The number of nitrogens with zero attached hydrogens (tertiary/aromatic N) is 2. The molecule has 0 unspecified atom stereocenters. The first-order valence-corrected chi connectivity index (χ1v) is 6.90. The number of sulfone groups is 1. The van der Waals surface area contributed by atoms with Crippen molar-refractivity contribution in [2.24, 2.45) is 0 Å². The monoisotopic (exact) mass is 265 g/mol. The van der Waals surface area contributed by atoms with Gasteiger partial charge in [0.15, 0.2) is 9.84 Å². The maximum atomic E-state index is 11.4. The van der Waals surface area contributed by atoms with E-state index in [0.29, 0.717) is 5.75 Å². The van der Waals surface area contributed by atoms with Crippen molar-refractivity contribution < 1.29 is 13.2 Å². The lowest BCUT2D eigenvalue weighted by atomic mass is 10.3. The highest BCUT2D eigenvalue weighted by Gasteiger charge is 2.08. The number of rotatable bonds is 3. The number of nitrogens with two attached hydrogens (primary N) is 1. The zero-order valence-corrected chi connectivity index (χ0v) is 10.4. The van der Waals surface area contributed by atoms with Gasteiger partial charge in [-0.2, -0.15) is 0 Å². The minimum absolute atomic E-state index is 0.182. The Labute approximate surface area is 104 Å². The van der Waals surface area contributed by atoms with Gasteiger partial charge in [0.25, 0.3) is 0 Å². The minimum Gasteiger partial charge on any atom is -0.439 e. The normalized spacial score (nSPS) is 11.2. The molecule has 2 N–H and O–H groups in total. The van der Waals surface area contributed by atoms with E-state index in [1.54, 1.807) is 12.1 Å². The van der Waals surface area contributed by atoms with Crippen LogP contribution in [0.3, 0.4) is 0 Å². The summed E-state index contributed by atoms with van der Waals surface area (Å²) < 4.78 is 28.2. The second-order valence-electron chi connectivity index (χ2n) is 3.63. The Kier molecular flexibility index (Phi) is 3.15. The second-order valence-corrected chi connectivity index (χ2v) is 5.65. The van der Waals surface area contributed by atoms with Crippen LogP contribution in [-0.4, -0.2) is 24.6 Å². The Balaban J connectivity index is 2.30. The molecule has 6 nitrogen and oxygen atoms in total. The van der Waals surface area contributed by atoms with Crippen LogP contribution in [0, 0.1) is 0 Å². The Morgan fingerprint density at radius 3 is 2.67 bits per heavy atom. The van der Waals surface area contributed by atoms with E-state index >= 15 is 0 Å². The number of ether oxygens (including phenoxy) is 1. The topological polar surface area (TPSA) is 95.2 Å². The molecule has 0 aliphatic carbocycles. The molecule has 0 spiro atoms. The van der Waals surface area contributed by atoms with E-state index in [-0.39, 0.29) is 16.6 Å². The third-order valence-electron chi connectivity index (χ3n) is 2.12. The molecule has 0 saturated carbocycles. The molecule has 2 rings (SSSR count). The van der Waals surface area contributed by atoms with Gasteiger partial charge in [-0.15, -0.1) is 0 Å². The number of benzene rings is 1. The number of hydrogen-bond donors (Lipinski definition) is 1. The Morgan fingerprint density at radius 1 is 1.22 bits per heavy atom. The predicted octanol–water partition coefficient (Wildman–Crippen LogP) is 1.25. The van der Waals surface area contributed by atoms with Gasteiger partial charge in [-0.05, 0) is 18.2 Å². The van der Waals surface area contributed by atoms with E-state index in [0.717, 1.165) is 6.26 Å².